The summed E-state index contributed by atoms with van der Waals surface area (Å²) in [5, 5.41) is 5.27. The highest BCUT2D eigenvalue weighted by Gasteiger charge is 2.44. The second kappa shape index (κ2) is 9.36. The highest BCUT2D eigenvalue weighted by Crippen LogP contribution is 2.42. The van der Waals surface area contributed by atoms with Gasteiger partial charge in [0, 0.05) is 6.54 Å². The van der Waals surface area contributed by atoms with Crippen molar-refractivity contribution in [1.82, 2.24) is 10.6 Å². The minimum absolute atomic E-state index is 0.247. The van der Waals surface area contributed by atoms with Crippen molar-refractivity contribution in [1.29, 1.82) is 0 Å². The molecule has 0 saturated heterocycles. The van der Waals surface area contributed by atoms with Crippen LogP contribution in [-0.4, -0.2) is 37.0 Å². The first-order valence-corrected chi connectivity index (χ1v) is 9.29. The van der Waals surface area contributed by atoms with Gasteiger partial charge in [0.2, 0.25) is 5.91 Å². The maximum atomic E-state index is 12.8. The Balaban J connectivity index is 1.90. The van der Waals surface area contributed by atoms with Crippen LogP contribution in [0.15, 0.2) is 30.3 Å². The summed E-state index contributed by atoms with van der Waals surface area (Å²) in [5.74, 6) is -1.08. The molecule has 2 N–H and O–H groups in total. The molecular formula is C20H28N2O4. The van der Waals surface area contributed by atoms with Crippen LogP contribution in [-0.2, 0) is 24.5 Å². The van der Waals surface area contributed by atoms with E-state index in [-0.39, 0.29) is 18.5 Å². The molecule has 1 atom stereocenters. The van der Waals surface area contributed by atoms with Gasteiger partial charge in [0.05, 0.1) is 5.41 Å². The first-order chi connectivity index (χ1) is 12.5. The predicted molar refractivity (Wildman–Crippen MR) is 98.5 cm³/mol. The molecule has 2 rings (SSSR count). The molecule has 142 valence electrons. The summed E-state index contributed by atoms with van der Waals surface area (Å²) in [5.41, 5.74) is 0.279. The lowest BCUT2D eigenvalue weighted by Gasteiger charge is -2.27. The molecule has 0 spiro atoms. The molecular weight excluding hydrogens is 332 g/mol. The molecule has 1 aromatic carbocycles. The number of nitrogens with one attached hydrogen (secondary N) is 2. The Morgan fingerprint density at radius 1 is 1.15 bits per heavy atom. The molecule has 26 heavy (non-hydrogen) atoms. The summed E-state index contributed by atoms with van der Waals surface area (Å²) in [6.45, 7) is 3.74. The van der Waals surface area contributed by atoms with E-state index in [0.717, 1.165) is 37.7 Å². The van der Waals surface area contributed by atoms with Crippen LogP contribution in [0.5, 0.6) is 0 Å². The number of esters is 1. The van der Waals surface area contributed by atoms with Crippen molar-refractivity contribution in [3.8, 4) is 0 Å². The van der Waals surface area contributed by atoms with Crippen molar-refractivity contribution in [2.24, 2.45) is 0 Å². The number of ether oxygens (including phenoxy) is 1. The summed E-state index contributed by atoms with van der Waals surface area (Å²) in [6, 6.07) is 8.94. The van der Waals surface area contributed by atoms with Gasteiger partial charge in [0.1, 0.15) is 6.04 Å². The molecule has 0 bridgehead atoms. The zero-order valence-corrected chi connectivity index (χ0v) is 15.5. The van der Waals surface area contributed by atoms with Gasteiger partial charge in [-0.2, -0.15) is 0 Å². The van der Waals surface area contributed by atoms with Crippen LogP contribution in [0.4, 0.5) is 0 Å². The molecule has 0 aromatic heterocycles. The lowest BCUT2D eigenvalue weighted by Crippen LogP contribution is -2.46. The van der Waals surface area contributed by atoms with Crippen molar-refractivity contribution in [3.05, 3.63) is 35.9 Å². The third-order valence-electron chi connectivity index (χ3n) is 4.83. The van der Waals surface area contributed by atoms with Gasteiger partial charge in [-0.3, -0.25) is 14.4 Å². The van der Waals surface area contributed by atoms with Gasteiger partial charge in [-0.1, -0.05) is 50.1 Å². The highest BCUT2D eigenvalue weighted by atomic mass is 16.5. The second-order valence-corrected chi connectivity index (χ2v) is 6.81. The van der Waals surface area contributed by atoms with Crippen LogP contribution in [0, 0.1) is 0 Å². The maximum absolute atomic E-state index is 12.8. The number of hydrogen-bond donors (Lipinski definition) is 2. The van der Waals surface area contributed by atoms with Gasteiger partial charge in [0.25, 0.3) is 5.91 Å². The Morgan fingerprint density at radius 3 is 2.42 bits per heavy atom. The molecule has 1 aromatic rings. The van der Waals surface area contributed by atoms with Crippen molar-refractivity contribution >= 4 is 17.8 Å². The Labute approximate surface area is 154 Å². The Hall–Kier alpha value is -2.37. The number of carbonyl (C=O) groups is 3. The minimum atomic E-state index is -0.665. The van der Waals surface area contributed by atoms with Crippen LogP contribution in [0.25, 0.3) is 0 Å². The van der Waals surface area contributed by atoms with E-state index in [1.165, 1.54) is 0 Å². The van der Waals surface area contributed by atoms with Gasteiger partial charge in [0.15, 0.2) is 6.61 Å². The summed E-state index contributed by atoms with van der Waals surface area (Å²) < 4.78 is 5.32. The molecule has 0 aliphatic heterocycles. The predicted octanol–water partition coefficient (Wildman–Crippen LogP) is 2.07. The quantitative estimate of drug-likeness (QED) is 0.695. The monoisotopic (exact) mass is 360 g/mol. The number of rotatable bonds is 8. The van der Waals surface area contributed by atoms with Gasteiger partial charge in [-0.05, 0) is 31.7 Å². The first kappa shape index (κ1) is 19.9. The van der Waals surface area contributed by atoms with Crippen LogP contribution in [0.3, 0.4) is 0 Å². The van der Waals surface area contributed by atoms with E-state index in [2.05, 4.69) is 10.6 Å². The lowest BCUT2D eigenvalue weighted by atomic mass is 9.79. The van der Waals surface area contributed by atoms with E-state index in [4.69, 9.17) is 4.74 Å². The van der Waals surface area contributed by atoms with Gasteiger partial charge in [-0.25, -0.2) is 0 Å². The van der Waals surface area contributed by atoms with E-state index in [1.54, 1.807) is 6.92 Å². The zero-order valence-electron chi connectivity index (χ0n) is 15.5. The smallest absolute Gasteiger partial charge is 0.317 e. The first-order valence-electron chi connectivity index (χ1n) is 9.29. The van der Waals surface area contributed by atoms with Crippen LogP contribution < -0.4 is 10.6 Å². The molecule has 1 aliphatic carbocycles. The largest absolute Gasteiger partial charge is 0.455 e. The van der Waals surface area contributed by atoms with Crippen molar-refractivity contribution in [2.45, 2.75) is 57.4 Å². The standard InChI is InChI=1S/C20H28N2O4/c1-3-13-21-18(24)15(2)22-17(23)14-26-19(25)20(11-7-8-12-20)16-9-5-4-6-10-16/h4-6,9-10,15H,3,7-8,11-14H2,1-2H3,(H,21,24)(H,22,23)/t15-/m1/s1. The van der Waals surface area contributed by atoms with Crippen LogP contribution in [0.2, 0.25) is 0 Å². The molecule has 1 fully saturated rings. The Morgan fingerprint density at radius 2 is 1.81 bits per heavy atom. The average molecular weight is 360 g/mol. The van der Waals surface area contributed by atoms with Crippen molar-refractivity contribution in [2.75, 3.05) is 13.2 Å². The van der Waals surface area contributed by atoms with E-state index >= 15 is 0 Å². The SMILES string of the molecule is CCCNC(=O)[C@@H](C)NC(=O)COC(=O)C1(c2ccccc2)CCCC1. The lowest BCUT2D eigenvalue weighted by molar-refractivity contribution is -0.154. The van der Waals surface area contributed by atoms with E-state index in [9.17, 15) is 14.4 Å². The van der Waals surface area contributed by atoms with Crippen LogP contribution >= 0.6 is 0 Å². The van der Waals surface area contributed by atoms with Crippen molar-refractivity contribution < 1.29 is 19.1 Å². The maximum Gasteiger partial charge on any atom is 0.317 e. The number of carbonyl (C=O) groups excluding carboxylic acids is 3. The normalized spacial score (nSPS) is 16.5. The molecule has 1 aliphatic rings. The molecule has 0 heterocycles. The molecule has 1 saturated carbocycles. The van der Waals surface area contributed by atoms with E-state index in [0.29, 0.717) is 6.54 Å². The molecule has 0 unspecified atom stereocenters. The van der Waals surface area contributed by atoms with Crippen molar-refractivity contribution in [3.63, 3.8) is 0 Å². The summed E-state index contributed by atoms with van der Waals surface area (Å²) >= 11 is 0. The van der Waals surface area contributed by atoms with E-state index in [1.807, 2.05) is 37.3 Å². The number of benzene rings is 1. The highest BCUT2D eigenvalue weighted by molar-refractivity contribution is 5.90. The molecule has 2 amide bonds. The average Bonchev–Trinajstić information content (AvgIpc) is 3.16. The summed E-state index contributed by atoms with van der Waals surface area (Å²) in [7, 11) is 0. The zero-order chi connectivity index (χ0) is 19.0. The second-order valence-electron chi connectivity index (χ2n) is 6.81. The molecule has 0 radical (unpaired) electrons. The Kier molecular flexibility index (Phi) is 7.18. The van der Waals surface area contributed by atoms with E-state index < -0.39 is 17.4 Å². The van der Waals surface area contributed by atoms with Crippen LogP contribution in [0.1, 0.15) is 51.5 Å². The third-order valence-corrected chi connectivity index (χ3v) is 4.83. The fourth-order valence-electron chi connectivity index (χ4n) is 3.37. The fraction of sp³-hybridized carbons (Fsp3) is 0.550. The van der Waals surface area contributed by atoms with Gasteiger partial charge in [-0.15, -0.1) is 0 Å². The summed E-state index contributed by atoms with van der Waals surface area (Å²) in [4.78, 5) is 36.6. The third kappa shape index (κ3) is 4.84. The fourth-order valence-corrected chi connectivity index (χ4v) is 3.37. The topological polar surface area (TPSA) is 84.5 Å². The Bertz CT molecular complexity index is 624. The van der Waals surface area contributed by atoms with Gasteiger partial charge >= 0.3 is 5.97 Å². The number of amides is 2. The summed E-state index contributed by atoms with van der Waals surface area (Å²) in [6.07, 6.45) is 4.21. The molecule has 6 heteroatoms. The minimum Gasteiger partial charge on any atom is -0.455 e. The number of hydrogen-bond acceptors (Lipinski definition) is 4. The molecule has 6 nitrogen and oxygen atoms in total. The van der Waals surface area contributed by atoms with Gasteiger partial charge < -0.3 is 15.4 Å².